The number of β-lactam (4-membered cyclic amide) rings is 1. The van der Waals surface area contributed by atoms with Gasteiger partial charge in [0.2, 0.25) is 11.8 Å². The van der Waals surface area contributed by atoms with E-state index in [-0.39, 0.29) is 35.0 Å². The van der Waals surface area contributed by atoms with Crippen molar-refractivity contribution in [3.05, 3.63) is 0 Å². The molecule has 0 radical (unpaired) electrons. The van der Waals surface area contributed by atoms with Crippen LogP contribution in [0.15, 0.2) is 0 Å². The lowest BCUT2D eigenvalue weighted by molar-refractivity contribution is -0.175. The second-order valence-electron chi connectivity index (χ2n) is 7.45. The third-order valence-electron chi connectivity index (χ3n) is 5.21. The van der Waals surface area contributed by atoms with E-state index in [1.165, 1.54) is 11.8 Å². The van der Waals surface area contributed by atoms with E-state index in [0.29, 0.717) is 6.54 Å². The van der Waals surface area contributed by atoms with Crippen molar-refractivity contribution in [2.45, 2.75) is 71.6 Å². The van der Waals surface area contributed by atoms with E-state index in [4.69, 9.17) is 0 Å². The standard InChI is InChI=1S/C17H28N2O4/c1-10(2)15(22)18-13-5-7-17(8-6-13)9-19(16(17)23)14(11(3)20)12(4)21/h10-11,13-14,20H,5-9H2,1-4H3,(H,18,22)/t11-,13?,14?,17?/m1/s1. The molecule has 1 aliphatic carbocycles. The molecule has 23 heavy (non-hydrogen) atoms. The first-order chi connectivity index (χ1) is 10.7. The average Bonchev–Trinajstić information content (AvgIpc) is 2.47. The van der Waals surface area contributed by atoms with E-state index in [0.717, 1.165) is 25.7 Å². The van der Waals surface area contributed by atoms with Gasteiger partial charge in [-0.1, -0.05) is 13.8 Å². The summed E-state index contributed by atoms with van der Waals surface area (Å²) in [6, 6.07) is -0.593. The SMILES string of the molecule is CC(=O)C([C@@H](C)O)N1CC2(CCC(NC(=O)C(C)C)CC2)C1=O. The molecular formula is C17H28N2O4. The molecule has 6 heteroatoms. The Labute approximate surface area is 137 Å². The Morgan fingerprint density at radius 3 is 2.22 bits per heavy atom. The smallest absolute Gasteiger partial charge is 0.231 e. The maximum Gasteiger partial charge on any atom is 0.231 e. The molecule has 1 saturated carbocycles. The Bertz CT molecular complexity index is 493. The zero-order valence-corrected chi connectivity index (χ0v) is 14.5. The van der Waals surface area contributed by atoms with Gasteiger partial charge in [-0.05, 0) is 39.5 Å². The molecule has 0 aromatic rings. The van der Waals surface area contributed by atoms with Gasteiger partial charge in [0, 0.05) is 18.5 Å². The fourth-order valence-electron chi connectivity index (χ4n) is 3.78. The van der Waals surface area contributed by atoms with Gasteiger partial charge in [-0.2, -0.15) is 0 Å². The van der Waals surface area contributed by atoms with Gasteiger partial charge >= 0.3 is 0 Å². The number of carbonyl (C=O) groups excluding carboxylic acids is 3. The molecule has 2 fully saturated rings. The van der Waals surface area contributed by atoms with E-state index in [1.54, 1.807) is 6.92 Å². The van der Waals surface area contributed by atoms with Crippen LogP contribution in [0.3, 0.4) is 0 Å². The average molecular weight is 324 g/mol. The molecule has 2 N–H and O–H groups in total. The number of carbonyl (C=O) groups is 3. The summed E-state index contributed by atoms with van der Waals surface area (Å²) in [5, 5.41) is 12.8. The number of aliphatic hydroxyl groups excluding tert-OH is 1. The highest BCUT2D eigenvalue weighted by Gasteiger charge is 2.56. The molecule has 6 nitrogen and oxygen atoms in total. The number of amides is 2. The Balaban J connectivity index is 1.92. The summed E-state index contributed by atoms with van der Waals surface area (Å²) in [5.74, 6) is -0.180. The summed E-state index contributed by atoms with van der Waals surface area (Å²) < 4.78 is 0. The molecule has 2 amide bonds. The Kier molecular flexibility index (Phi) is 5.14. The van der Waals surface area contributed by atoms with Crippen LogP contribution in [-0.4, -0.2) is 52.3 Å². The molecule has 1 aliphatic heterocycles. The number of rotatable bonds is 5. The van der Waals surface area contributed by atoms with Crippen molar-refractivity contribution in [1.82, 2.24) is 10.2 Å². The number of nitrogens with zero attached hydrogens (tertiary/aromatic N) is 1. The number of hydrogen-bond acceptors (Lipinski definition) is 4. The lowest BCUT2D eigenvalue weighted by Gasteiger charge is -2.54. The predicted octanol–water partition coefficient (Wildman–Crippen LogP) is 0.868. The van der Waals surface area contributed by atoms with E-state index >= 15 is 0 Å². The van der Waals surface area contributed by atoms with Crippen LogP contribution in [0.1, 0.15) is 53.4 Å². The third kappa shape index (κ3) is 3.42. The molecule has 1 spiro atoms. The van der Waals surface area contributed by atoms with Gasteiger partial charge in [0.05, 0.1) is 11.5 Å². The summed E-state index contributed by atoms with van der Waals surface area (Å²) in [7, 11) is 0. The molecule has 1 saturated heterocycles. The predicted molar refractivity (Wildman–Crippen MR) is 85.5 cm³/mol. The number of likely N-dealkylation sites (tertiary alicyclic amines) is 1. The number of Topliss-reactive ketones (excluding diaryl/α,β-unsaturated/α-hetero) is 1. The number of ketones is 1. The zero-order chi connectivity index (χ0) is 17.4. The molecule has 0 aromatic carbocycles. The van der Waals surface area contributed by atoms with Crippen molar-refractivity contribution in [2.24, 2.45) is 11.3 Å². The molecule has 1 unspecified atom stereocenters. The first-order valence-electron chi connectivity index (χ1n) is 8.48. The van der Waals surface area contributed by atoms with Crippen LogP contribution < -0.4 is 5.32 Å². The molecule has 1 heterocycles. The molecule has 2 atom stereocenters. The Morgan fingerprint density at radius 2 is 1.83 bits per heavy atom. The van der Waals surface area contributed by atoms with Crippen molar-refractivity contribution in [2.75, 3.05) is 6.54 Å². The van der Waals surface area contributed by atoms with Crippen molar-refractivity contribution in [3.8, 4) is 0 Å². The van der Waals surface area contributed by atoms with E-state index in [1.807, 2.05) is 13.8 Å². The normalized spacial score (nSPS) is 30.1. The number of aliphatic hydroxyl groups is 1. The number of nitrogens with one attached hydrogen (secondary N) is 1. The highest BCUT2D eigenvalue weighted by atomic mass is 16.3. The van der Waals surface area contributed by atoms with Crippen LogP contribution >= 0.6 is 0 Å². The highest BCUT2D eigenvalue weighted by Crippen LogP contribution is 2.46. The lowest BCUT2D eigenvalue weighted by Crippen LogP contribution is -2.69. The minimum Gasteiger partial charge on any atom is -0.391 e. The first-order valence-corrected chi connectivity index (χ1v) is 8.48. The van der Waals surface area contributed by atoms with Gasteiger partial charge in [-0.25, -0.2) is 0 Å². The minimum absolute atomic E-state index is 0.0211. The zero-order valence-electron chi connectivity index (χ0n) is 14.5. The summed E-state index contributed by atoms with van der Waals surface area (Å²) in [4.78, 5) is 37.5. The second-order valence-corrected chi connectivity index (χ2v) is 7.45. The van der Waals surface area contributed by atoms with Crippen LogP contribution in [0.2, 0.25) is 0 Å². The topological polar surface area (TPSA) is 86.7 Å². The van der Waals surface area contributed by atoms with Gasteiger partial charge in [-0.15, -0.1) is 0 Å². The molecule has 0 aromatic heterocycles. The van der Waals surface area contributed by atoms with Crippen LogP contribution in [0.4, 0.5) is 0 Å². The molecule has 0 bridgehead atoms. The summed E-state index contributed by atoms with van der Waals surface area (Å²) in [5.41, 5.74) is -0.387. The van der Waals surface area contributed by atoms with Crippen LogP contribution in [0.25, 0.3) is 0 Å². The third-order valence-corrected chi connectivity index (χ3v) is 5.21. The maximum atomic E-state index is 12.6. The summed E-state index contributed by atoms with van der Waals surface area (Å²) >= 11 is 0. The van der Waals surface area contributed by atoms with Gasteiger partial charge in [-0.3, -0.25) is 14.4 Å². The second kappa shape index (κ2) is 6.59. The molecular weight excluding hydrogens is 296 g/mol. The van der Waals surface area contributed by atoms with E-state index in [9.17, 15) is 19.5 Å². The van der Waals surface area contributed by atoms with Gasteiger partial charge in [0.25, 0.3) is 0 Å². The maximum absolute atomic E-state index is 12.6. The van der Waals surface area contributed by atoms with Crippen molar-refractivity contribution < 1.29 is 19.5 Å². The van der Waals surface area contributed by atoms with Crippen LogP contribution in [0.5, 0.6) is 0 Å². The summed E-state index contributed by atoms with van der Waals surface area (Å²) in [6.45, 7) is 7.22. The Hall–Kier alpha value is -1.43. The molecule has 2 rings (SSSR count). The fraction of sp³-hybridized carbons (Fsp3) is 0.824. The van der Waals surface area contributed by atoms with Crippen LogP contribution in [0, 0.1) is 11.3 Å². The van der Waals surface area contributed by atoms with Gasteiger partial charge in [0.15, 0.2) is 5.78 Å². The molecule has 130 valence electrons. The molecule has 2 aliphatic rings. The largest absolute Gasteiger partial charge is 0.391 e. The van der Waals surface area contributed by atoms with Crippen molar-refractivity contribution >= 4 is 17.6 Å². The van der Waals surface area contributed by atoms with Crippen molar-refractivity contribution in [3.63, 3.8) is 0 Å². The van der Waals surface area contributed by atoms with Crippen LogP contribution in [-0.2, 0) is 14.4 Å². The number of hydrogen-bond donors (Lipinski definition) is 2. The van der Waals surface area contributed by atoms with Crippen molar-refractivity contribution in [1.29, 1.82) is 0 Å². The lowest BCUT2D eigenvalue weighted by atomic mass is 9.66. The van der Waals surface area contributed by atoms with Gasteiger partial charge < -0.3 is 15.3 Å². The minimum atomic E-state index is -0.851. The quantitative estimate of drug-likeness (QED) is 0.735. The van der Waals surface area contributed by atoms with Gasteiger partial charge in [0.1, 0.15) is 6.04 Å². The van der Waals surface area contributed by atoms with E-state index in [2.05, 4.69) is 5.32 Å². The fourth-order valence-corrected chi connectivity index (χ4v) is 3.78. The monoisotopic (exact) mass is 324 g/mol. The highest BCUT2D eigenvalue weighted by molar-refractivity contribution is 5.94. The summed E-state index contributed by atoms with van der Waals surface area (Å²) in [6.07, 6.45) is 2.19. The van der Waals surface area contributed by atoms with E-state index < -0.39 is 12.1 Å². The Morgan fingerprint density at radius 1 is 1.26 bits per heavy atom. The first kappa shape index (κ1) is 17.9.